The number of sulfonamides is 1. The van der Waals surface area contributed by atoms with Gasteiger partial charge in [-0.15, -0.1) is 0 Å². The van der Waals surface area contributed by atoms with Crippen molar-refractivity contribution < 1.29 is 22.7 Å². The molecule has 0 saturated heterocycles. The molecule has 0 amide bonds. The van der Waals surface area contributed by atoms with Gasteiger partial charge in [-0.2, -0.15) is 4.31 Å². The van der Waals surface area contributed by atoms with Crippen LogP contribution in [0, 0.1) is 0 Å². The molecular formula is C11H19NO5S. The molecule has 0 aromatic carbocycles. The van der Waals surface area contributed by atoms with E-state index in [9.17, 15) is 8.42 Å². The number of aliphatic hydroxyl groups excluding tert-OH is 1. The predicted octanol–water partition coefficient (Wildman–Crippen LogP) is 0.817. The van der Waals surface area contributed by atoms with E-state index >= 15 is 0 Å². The first-order chi connectivity index (χ1) is 8.47. The van der Waals surface area contributed by atoms with Gasteiger partial charge in [-0.25, -0.2) is 8.42 Å². The van der Waals surface area contributed by atoms with Crippen molar-refractivity contribution in [3.63, 3.8) is 0 Å². The lowest BCUT2D eigenvalue weighted by atomic mass is 10.4. The quantitative estimate of drug-likeness (QED) is 0.798. The number of likely N-dealkylation sites (N-methyl/N-ethyl adjacent to an activating group) is 1. The highest BCUT2D eigenvalue weighted by Gasteiger charge is 2.30. The van der Waals surface area contributed by atoms with Crippen molar-refractivity contribution in [2.45, 2.75) is 31.6 Å². The van der Waals surface area contributed by atoms with Crippen molar-refractivity contribution in [1.82, 2.24) is 4.31 Å². The average molecular weight is 277 g/mol. The summed E-state index contributed by atoms with van der Waals surface area (Å²) in [5.41, 5.74) is 0. The first kappa shape index (κ1) is 15.2. The van der Waals surface area contributed by atoms with E-state index in [-0.39, 0.29) is 23.5 Å². The predicted molar refractivity (Wildman–Crippen MR) is 65.5 cm³/mol. The Balaban J connectivity index is 3.02. The molecule has 0 spiro atoms. The molecule has 0 aliphatic heterocycles. The number of rotatable bonds is 7. The van der Waals surface area contributed by atoms with Crippen LogP contribution in [-0.2, 0) is 21.4 Å². The summed E-state index contributed by atoms with van der Waals surface area (Å²) in [5.74, 6) is 0.226. The minimum absolute atomic E-state index is 0.156. The highest BCUT2D eigenvalue weighted by atomic mass is 32.2. The summed E-state index contributed by atoms with van der Waals surface area (Å²) in [7, 11) is -2.16. The molecule has 7 heteroatoms. The Kier molecular flexibility index (Phi) is 5.33. The fraction of sp³-hybridized carbons (Fsp3) is 0.636. The topological polar surface area (TPSA) is 80.0 Å². The van der Waals surface area contributed by atoms with Gasteiger partial charge in [0.1, 0.15) is 12.4 Å². The lowest BCUT2D eigenvalue weighted by Crippen LogP contribution is -2.40. The second-order valence-corrected chi connectivity index (χ2v) is 5.71. The minimum atomic E-state index is -3.69. The maximum Gasteiger partial charge on any atom is 0.276 e. The van der Waals surface area contributed by atoms with Gasteiger partial charge in [0.25, 0.3) is 10.0 Å². The van der Waals surface area contributed by atoms with E-state index < -0.39 is 10.0 Å². The van der Waals surface area contributed by atoms with E-state index in [1.807, 2.05) is 0 Å². The third kappa shape index (κ3) is 3.11. The van der Waals surface area contributed by atoms with Crippen LogP contribution in [0.3, 0.4) is 0 Å². The minimum Gasteiger partial charge on any atom is -0.446 e. The van der Waals surface area contributed by atoms with Crippen molar-refractivity contribution in [2.75, 3.05) is 20.3 Å². The first-order valence-corrected chi connectivity index (χ1v) is 7.11. The zero-order chi connectivity index (χ0) is 13.8. The summed E-state index contributed by atoms with van der Waals surface area (Å²) in [4.78, 5) is 0. The number of hydrogen-bond donors (Lipinski definition) is 1. The fourth-order valence-electron chi connectivity index (χ4n) is 1.74. The smallest absolute Gasteiger partial charge is 0.276 e. The number of furan rings is 1. The number of methoxy groups -OCH3 is 1. The van der Waals surface area contributed by atoms with Gasteiger partial charge in [-0.05, 0) is 19.1 Å². The van der Waals surface area contributed by atoms with Crippen LogP contribution in [0.15, 0.2) is 21.6 Å². The van der Waals surface area contributed by atoms with Gasteiger partial charge in [0.2, 0.25) is 5.09 Å². The largest absolute Gasteiger partial charge is 0.446 e. The summed E-state index contributed by atoms with van der Waals surface area (Å²) in [6, 6.07) is 2.51. The molecule has 1 atom stereocenters. The Bertz CT molecular complexity index is 468. The third-order valence-electron chi connectivity index (χ3n) is 2.57. The van der Waals surface area contributed by atoms with Crippen molar-refractivity contribution in [1.29, 1.82) is 0 Å². The molecule has 0 fully saturated rings. The molecule has 1 N–H and O–H groups in total. The van der Waals surface area contributed by atoms with Crippen LogP contribution < -0.4 is 0 Å². The number of hydrogen-bond acceptors (Lipinski definition) is 5. The third-order valence-corrected chi connectivity index (χ3v) is 4.53. The zero-order valence-electron chi connectivity index (χ0n) is 10.8. The van der Waals surface area contributed by atoms with Crippen LogP contribution in [0.4, 0.5) is 0 Å². The average Bonchev–Trinajstić information content (AvgIpc) is 2.79. The summed E-state index contributed by atoms with van der Waals surface area (Å²) in [5, 5.41) is 8.73. The summed E-state index contributed by atoms with van der Waals surface area (Å²) in [6.07, 6.45) is 0. The van der Waals surface area contributed by atoms with E-state index in [0.717, 1.165) is 0 Å². The van der Waals surface area contributed by atoms with Crippen molar-refractivity contribution in [3.05, 3.63) is 17.9 Å². The molecule has 0 bridgehead atoms. The Morgan fingerprint density at radius 1 is 1.50 bits per heavy atom. The van der Waals surface area contributed by atoms with E-state index in [2.05, 4.69) is 0 Å². The molecular weight excluding hydrogens is 258 g/mol. The summed E-state index contributed by atoms with van der Waals surface area (Å²) < 4.78 is 36.0. The van der Waals surface area contributed by atoms with E-state index in [1.165, 1.54) is 23.5 Å². The second kappa shape index (κ2) is 6.33. The van der Waals surface area contributed by atoms with Gasteiger partial charge in [0, 0.05) is 19.7 Å². The van der Waals surface area contributed by atoms with Crippen LogP contribution in [0.25, 0.3) is 0 Å². The van der Waals surface area contributed by atoms with Crippen LogP contribution in [0.2, 0.25) is 0 Å². The molecule has 18 heavy (non-hydrogen) atoms. The molecule has 0 saturated carbocycles. The normalized spacial score (nSPS) is 14.1. The van der Waals surface area contributed by atoms with Gasteiger partial charge < -0.3 is 14.3 Å². The summed E-state index contributed by atoms with van der Waals surface area (Å²) >= 11 is 0. The van der Waals surface area contributed by atoms with E-state index in [1.54, 1.807) is 13.8 Å². The van der Waals surface area contributed by atoms with Gasteiger partial charge in [-0.1, -0.05) is 6.92 Å². The summed E-state index contributed by atoms with van der Waals surface area (Å²) in [6.45, 7) is 3.82. The molecule has 1 heterocycles. The van der Waals surface area contributed by atoms with Crippen LogP contribution >= 0.6 is 0 Å². The lowest BCUT2D eigenvalue weighted by Gasteiger charge is -2.25. The molecule has 1 aromatic rings. The monoisotopic (exact) mass is 277 g/mol. The molecule has 104 valence electrons. The van der Waals surface area contributed by atoms with E-state index in [4.69, 9.17) is 14.3 Å². The molecule has 1 aromatic heterocycles. The van der Waals surface area contributed by atoms with Gasteiger partial charge in [0.05, 0.1) is 6.61 Å². The lowest BCUT2D eigenvalue weighted by molar-refractivity contribution is 0.141. The van der Waals surface area contributed by atoms with Crippen molar-refractivity contribution >= 4 is 10.0 Å². The second-order valence-electron chi connectivity index (χ2n) is 3.89. The Morgan fingerprint density at radius 3 is 2.61 bits per heavy atom. The van der Waals surface area contributed by atoms with Gasteiger partial charge in [-0.3, -0.25) is 0 Å². The van der Waals surface area contributed by atoms with Gasteiger partial charge >= 0.3 is 0 Å². The van der Waals surface area contributed by atoms with Crippen LogP contribution in [-0.4, -0.2) is 44.1 Å². The molecule has 1 unspecified atom stereocenters. The number of aliphatic hydroxyl groups is 1. The molecule has 6 nitrogen and oxygen atoms in total. The molecule has 0 aliphatic carbocycles. The van der Waals surface area contributed by atoms with Gasteiger partial charge in [0.15, 0.2) is 0 Å². The molecule has 0 aliphatic rings. The first-order valence-electron chi connectivity index (χ1n) is 5.67. The Hall–Kier alpha value is -0.890. The van der Waals surface area contributed by atoms with Crippen LogP contribution in [0.5, 0.6) is 0 Å². The maximum absolute atomic E-state index is 12.3. The standard InChI is InChI=1S/C11H19NO5S/c1-4-12(9(2)8-16-3)18(14,15)11-6-5-10(7-13)17-11/h5-6,9,13H,4,7-8H2,1-3H3. The Labute approximate surface area is 107 Å². The van der Waals surface area contributed by atoms with Crippen molar-refractivity contribution in [3.8, 4) is 0 Å². The number of ether oxygens (including phenoxy) is 1. The maximum atomic E-state index is 12.3. The Morgan fingerprint density at radius 2 is 2.17 bits per heavy atom. The zero-order valence-corrected chi connectivity index (χ0v) is 11.6. The fourth-order valence-corrected chi connectivity index (χ4v) is 3.30. The number of nitrogens with zero attached hydrogens (tertiary/aromatic N) is 1. The highest BCUT2D eigenvalue weighted by molar-refractivity contribution is 7.89. The van der Waals surface area contributed by atoms with E-state index in [0.29, 0.717) is 13.2 Å². The molecule has 1 rings (SSSR count). The van der Waals surface area contributed by atoms with Crippen LogP contribution in [0.1, 0.15) is 19.6 Å². The highest BCUT2D eigenvalue weighted by Crippen LogP contribution is 2.20. The van der Waals surface area contributed by atoms with Crippen molar-refractivity contribution in [2.24, 2.45) is 0 Å². The SMILES string of the molecule is CCN(C(C)COC)S(=O)(=O)c1ccc(CO)o1. The molecule has 0 radical (unpaired) electrons.